The van der Waals surface area contributed by atoms with E-state index in [1.165, 1.54) is 5.56 Å². The van der Waals surface area contributed by atoms with Crippen LogP contribution in [0.25, 0.3) is 32.3 Å². The fraction of sp³-hybridized carbons (Fsp3) is 0.167. The fourth-order valence-electron chi connectivity index (χ4n) is 7.47. The van der Waals surface area contributed by atoms with Gasteiger partial charge in [-0.15, -0.1) is 0 Å². The van der Waals surface area contributed by atoms with Crippen LogP contribution in [0.4, 0.5) is 42.9 Å². The van der Waals surface area contributed by atoms with Gasteiger partial charge in [0.25, 0.3) is 0 Å². The lowest BCUT2D eigenvalue weighted by Gasteiger charge is -2.33. The minimum atomic E-state index is -0.317. The number of nitrogens with zero attached hydrogens (tertiary/aromatic N) is 2. The number of aryl methyl sites for hydroxylation is 4. The van der Waals surface area contributed by atoms with Crippen molar-refractivity contribution in [2.45, 2.75) is 53.9 Å². The second kappa shape index (κ2) is 12.5. The van der Waals surface area contributed by atoms with Crippen LogP contribution in [0.5, 0.6) is 0 Å². The highest BCUT2D eigenvalue weighted by molar-refractivity contribution is 6.29. The monoisotopic (exact) mass is 684 g/mol. The van der Waals surface area contributed by atoms with Gasteiger partial charge in [0.2, 0.25) is 0 Å². The topological polar surface area (TPSA) is 6.48 Å². The zero-order chi connectivity index (χ0) is 36.5. The molecule has 8 aromatic carbocycles. The van der Waals surface area contributed by atoms with E-state index in [0.717, 1.165) is 77.3 Å². The van der Waals surface area contributed by atoms with Crippen molar-refractivity contribution < 1.29 is 8.78 Å². The van der Waals surface area contributed by atoms with Crippen LogP contribution in [-0.2, 0) is 5.41 Å². The molecule has 258 valence electrons. The molecule has 0 saturated heterocycles. The highest BCUT2D eigenvalue weighted by Gasteiger charge is 2.27. The predicted octanol–water partition coefficient (Wildman–Crippen LogP) is 14.3. The van der Waals surface area contributed by atoms with Crippen LogP contribution in [0.3, 0.4) is 0 Å². The Labute approximate surface area is 304 Å². The molecule has 0 unspecified atom stereocenters. The molecule has 0 N–H and O–H groups in total. The molecule has 2 nitrogen and oxygen atoms in total. The van der Waals surface area contributed by atoms with Gasteiger partial charge in [0.05, 0.1) is 22.7 Å². The van der Waals surface area contributed by atoms with E-state index >= 15 is 8.78 Å². The molecule has 0 aromatic heterocycles. The Kier molecular flexibility index (Phi) is 8.02. The summed E-state index contributed by atoms with van der Waals surface area (Å²) in [5, 5.41) is 6.42. The molecule has 8 aromatic rings. The van der Waals surface area contributed by atoms with Gasteiger partial charge in [-0.25, -0.2) is 8.78 Å². The Morgan fingerprint density at radius 2 is 0.808 bits per heavy atom. The average Bonchev–Trinajstić information content (AvgIpc) is 3.10. The zero-order valence-electron chi connectivity index (χ0n) is 30.8. The molecule has 0 atom stereocenters. The van der Waals surface area contributed by atoms with E-state index in [0.29, 0.717) is 11.4 Å². The van der Waals surface area contributed by atoms with E-state index < -0.39 is 0 Å². The first-order valence-corrected chi connectivity index (χ1v) is 17.9. The van der Waals surface area contributed by atoms with Crippen LogP contribution in [0, 0.1) is 39.3 Å². The van der Waals surface area contributed by atoms with Crippen molar-refractivity contribution in [2.24, 2.45) is 0 Å². The summed E-state index contributed by atoms with van der Waals surface area (Å²) in [5.41, 5.74) is 9.25. The van der Waals surface area contributed by atoms with Crippen LogP contribution in [0.2, 0.25) is 0 Å². The molecule has 0 amide bonds. The summed E-state index contributed by atoms with van der Waals surface area (Å²) >= 11 is 0. The minimum Gasteiger partial charge on any atom is -0.307 e. The summed E-state index contributed by atoms with van der Waals surface area (Å²) in [7, 11) is 0. The molecule has 0 bridgehead atoms. The van der Waals surface area contributed by atoms with Gasteiger partial charge in [-0.1, -0.05) is 105 Å². The van der Waals surface area contributed by atoms with Crippen LogP contribution >= 0.6 is 0 Å². The lowest BCUT2D eigenvalue weighted by atomic mass is 9.83. The van der Waals surface area contributed by atoms with Gasteiger partial charge in [-0.3, -0.25) is 0 Å². The molecular weight excluding hydrogens is 643 g/mol. The first-order valence-electron chi connectivity index (χ1n) is 17.9. The number of hydrogen-bond donors (Lipinski definition) is 0. The smallest absolute Gasteiger partial charge is 0.147 e. The van der Waals surface area contributed by atoms with Crippen molar-refractivity contribution in [3.05, 3.63) is 167 Å². The Hall–Kier alpha value is -5.74. The van der Waals surface area contributed by atoms with E-state index in [-0.39, 0.29) is 17.0 Å². The second-order valence-electron chi connectivity index (χ2n) is 15.3. The largest absolute Gasteiger partial charge is 0.307 e. The Morgan fingerprint density at radius 1 is 0.404 bits per heavy atom. The van der Waals surface area contributed by atoms with E-state index in [9.17, 15) is 0 Å². The molecule has 0 aliphatic heterocycles. The second-order valence-corrected chi connectivity index (χ2v) is 15.3. The van der Waals surface area contributed by atoms with Crippen molar-refractivity contribution in [1.29, 1.82) is 0 Å². The first kappa shape index (κ1) is 33.4. The summed E-state index contributed by atoms with van der Waals surface area (Å²) in [4.78, 5) is 4.03. The van der Waals surface area contributed by atoms with Gasteiger partial charge in [-0.2, -0.15) is 0 Å². The standard InChI is InChI=1S/C48H42F2N2/c1-29-8-16-36(17-9-29)51(42-22-12-31(3)24-40(42)49)44-28-45(52(37-18-10-30(2)11-19-37)43-23-13-32(4)25-41(43)50)39-21-15-34-27-35(48(5,6)7)26-33-14-20-38(44)47(39)46(33)34/h8-28H,1-7H3. The number of benzene rings is 8. The summed E-state index contributed by atoms with van der Waals surface area (Å²) in [5.74, 6) is -0.634. The molecule has 0 aliphatic rings. The van der Waals surface area contributed by atoms with Crippen molar-refractivity contribution in [3.63, 3.8) is 0 Å². The highest BCUT2D eigenvalue weighted by Crippen LogP contribution is 2.51. The molecule has 0 spiro atoms. The van der Waals surface area contributed by atoms with Crippen LogP contribution < -0.4 is 9.80 Å². The minimum absolute atomic E-state index is 0.0445. The van der Waals surface area contributed by atoms with E-state index in [4.69, 9.17) is 0 Å². The summed E-state index contributed by atoms with van der Waals surface area (Å²) < 4.78 is 32.6. The third-order valence-corrected chi connectivity index (χ3v) is 10.3. The summed E-state index contributed by atoms with van der Waals surface area (Å²) in [6.07, 6.45) is 0. The molecule has 4 heteroatoms. The third-order valence-electron chi connectivity index (χ3n) is 10.3. The van der Waals surface area contributed by atoms with Crippen LogP contribution in [0.15, 0.2) is 127 Å². The maximum absolute atomic E-state index is 16.3. The predicted molar refractivity (Wildman–Crippen MR) is 217 cm³/mol. The molecule has 0 aliphatic carbocycles. The number of halogens is 2. The maximum Gasteiger partial charge on any atom is 0.147 e. The van der Waals surface area contributed by atoms with Gasteiger partial charge in [0, 0.05) is 27.5 Å². The van der Waals surface area contributed by atoms with Crippen LogP contribution in [0.1, 0.15) is 48.6 Å². The molecule has 0 radical (unpaired) electrons. The number of rotatable bonds is 6. The van der Waals surface area contributed by atoms with Crippen molar-refractivity contribution in [1.82, 2.24) is 0 Å². The summed E-state index contributed by atoms with van der Waals surface area (Å²) in [6.45, 7) is 14.6. The highest BCUT2D eigenvalue weighted by atomic mass is 19.1. The van der Waals surface area contributed by atoms with Gasteiger partial charge >= 0.3 is 0 Å². The lowest BCUT2D eigenvalue weighted by Crippen LogP contribution is -2.16. The number of anilines is 6. The van der Waals surface area contributed by atoms with E-state index in [1.54, 1.807) is 12.1 Å². The molecule has 52 heavy (non-hydrogen) atoms. The average molecular weight is 685 g/mol. The molecule has 0 heterocycles. The molecule has 8 rings (SSSR count). The quantitative estimate of drug-likeness (QED) is 0.161. The Balaban J connectivity index is 1.55. The van der Waals surface area contributed by atoms with Crippen LogP contribution in [-0.4, -0.2) is 0 Å². The van der Waals surface area contributed by atoms with E-state index in [2.05, 4.69) is 101 Å². The molecular formula is C48H42F2N2. The Bertz CT molecular complexity index is 2450. The lowest BCUT2D eigenvalue weighted by molar-refractivity contribution is 0.591. The van der Waals surface area contributed by atoms with Gasteiger partial charge in [-0.05, 0) is 121 Å². The summed E-state index contributed by atoms with van der Waals surface area (Å²) in [6, 6.07) is 42.6. The Morgan fingerprint density at radius 3 is 1.19 bits per heavy atom. The van der Waals surface area contributed by atoms with Gasteiger partial charge in [0.1, 0.15) is 11.6 Å². The van der Waals surface area contributed by atoms with Crippen molar-refractivity contribution in [3.8, 4) is 0 Å². The zero-order valence-corrected chi connectivity index (χ0v) is 30.8. The third kappa shape index (κ3) is 5.73. The first-order chi connectivity index (χ1) is 24.9. The number of hydrogen-bond acceptors (Lipinski definition) is 2. The van der Waals surface area contributed by atoms with E-state index in [1.807, 2.05) is 72.2 Å². The normalized spacial score (nSPS) is 11.9. The molecule has 0 fully saturated rings. The maximum atomic E-state index is 16.3. The van der Waals surface area contributed by atoms with Gasteiger partial charge in [0.15, 0.2) is 0 Å². The van der Waals surface area contributed by atoms with Gasteiger partial charge < -0.3 is 9.80 Å². The fourth-order valence-corrected chi connectivity index (χ4v) is 7.47. The van der Waals surface area contributed by atoms with Crippen molar-refractivity contribution in [2.75, 3.05) is 9.80 Å². The SMILES string of the molecule is Cc1ccc(N(c2ccc(C)cc2F)c2cc(N(c3ccc(C)cc3)c3ccc(C)cc3F)c3ccc4cc(C(C)(C)C)cc5ccc2c3c54)cc1. The molecule has 0 saturated carbocycles. The van der Waals surface area contributed by atoms with Crippen molar-refractivity contribution >= 4 is 66.4 Å².